The Labute approximate surface area is 198 Å². The number of thioether (sulfide) groups is 1. The Morgan fingerprint density at radius 2 is 1.79 bits per heavy atom. The van der Waals surface area contributed by atoms with Crippen LogP contribution in [0.4, 0.5) is 5.69 Å². The Balaban J connectivity index is 1.97. The largest absolute Gasteiger partial charge is 0.497 e. The first kappa shape index (κ1) is 23.2. The summed E-state index contributed by atoms with van der Waals surface area (Å²) in [6.45, 7) is 6.73. The molecule has 33 heavy (non-hydrogen) atoms. The Bertz CT molecular complexity index is 1190. The molecule has 0 aliphatic carbocycles. The Morgan fingerprint density at radius 3 is 2.48 bits per heavy atom. The summed E-state index contributed by atoms with van der Waals surface area (Å²) in [5.74, 6) is -0.428. The molecule has 0 radical (unpaired) electrons. The molecular formula is C27H29NO4S. The molecule has 2 atom stereocenters. The standard InChI is InChI=1S/C27H29NO4S/c1-27(2,3)16-28-22-13-12-18(32-4)14-21(22)25(33-23(26(28)31)15-24(29)30)20-11-7-9-17-8-5-6-10-19(17)20/h5-14,23,25H,15-16H2,1-4H3,(H,29,30)/t23-,25-/m0/s1. The molecule has 0 bridgehead atoms. The minimum absolute atomic E-state index is 0.161. The highest BCUT2D eigenvalue weighted by Crippen LogP contribution is 2.49. The van der Waals surface area contributed by atoms with Crippen molar-refractivity contribution >= 4 is 40.1 Å². The van der Waals surface area contributed by atoms with Gasteiger partial charge in [0.15, 0.2) is 0 Å². The van der Waals surface area contributed by atoms with Gasteiger partial charge >= 0.3 is 5.97 Å². The highest BCUT2D eigenvalue weighted by molar-refractivity contribution is 8.01. The molecule has 0 spiro atoms. The van der Waals surface area contributed by atoms with E-state index in [-0.39, 0.29) is 23.0 Å². The van der Waals surface area contributed by atoms with Gasteiger partial charge in [0.2, 0.25) is 5.91 Å². The molecule has 1 aliphatic rings. The third kappa shape index (κ3) is 4.86. The molecule has 1 heterocycles. The summed E-state index contributed by atoms with van der Waals surface area (Å²) >= 11 is 1.42. The summed E-state index contributed by atoms with van der Waals surface area (Å²) in [5.41, 5.74) is 2.67. The molecule has 1 N–H and O–H groups in total. The molecule has 3 aromatic rings. The molecule has 0 saturated carbocycles. The van der Waals surface area contributed by atoms with Gasteiger partial charge in [-0.2, -0.15) is 0 Å². The number of ether oxygens (including phenoxy) is 1. The van der Waals surface area contributed by atoms with E-state index in [1.54, 1.807) is 12.0 Å². The van der Waals surface area contributed by atoms with Crippen molar-refractivity contribution in [3.05, 3.63) is 71.8 Å². The van der Waals surface area contributed by atoms with Gasteiger partial charge in [0.1, 0.15) is 5.75 Å². The van der Waals surface area contributed by atoms with Crippen molar-refractivity contribution in [2.24, 2.45) is 5.41 Å². The molecular weight excluding hydrogens is 434 g/mol. The Kier molecular flexibility index (Phi) is 6.39. The van der Waals surface area contributed by atoms with E-state index in [1.165, 1.54) is 11.8 Å². The van der Waals surface area contributed by atoms with Crippen LogP contribution in [0.2, 0.25) is 0 Å². The van der Waals surface area contributed by atoms with Crippen LogP contribution in [0, 0.1) is 5.41 Å². The number of hydrogen-bond donors (Lipinski definition) is 1. The number of carbonyl (C=O) groups is 2. The fraction of sp³-hybridized carbons (Fsp3) is 0.333. The van der Waals surface area contributed by atoms with Crippen molar-refractivity contribution in [2.75, 3.05) is 18.6 Å². The van der Waals surface area contributed by atoms with Crippen LogP contribution in [0.5, 0.6) is 5.75 Å². The van der Waals surface area contributed by atoms with Crippen LogP contribution in [0.1, 0.15) is 43.6 Å². The van der Waals surface area contributed by atoms with E-state index in [4.69, 9.17) is 4.74 Å². The van der Waals surface area contributed by atoms with Gasteiger partial charge in [0.05, 0.1) is 24.0 Å². The molecule has 5 nitrogen and oxygen atoms in total. The van der Waals surface area contributed by atoms with Gasteiger partial charge in [0.25, 0.3) is 0 Å². The second-order valence-electron chi connectivity index (χ2n) is 9.58. The number of methoxy groups -OCH3 is 1. The normalized spacial score (nSPS) is 18.7. The molecule has 0 fully saturated rings. The predicted octanol–water partition coefficient (Wildman–Crippen LogP) is 5.91. The van der Waals surface area contributed by atoms with Crippen LogP contribution in [0.15, 0.2) is 60.7 Å². The molecule has 1 amide bonds. The molecule has 0 unspecified atom stereocenters. The SMILES string of the molecule is COc1ccc2c(c1)[C@H](c1cccc3ccccc13)S[C@@H](CC(=O)O)C(=O)N2CC(C)(C)C. The summed E-state index contributed by atoms with van der Waals surface area (Å²) < 4.78 is 5.54. The van der Waals surface area contributed by atoms with Crippen LogP contribution < -0.4 is 9.64 Å². The number of amides is 1. The summed E-state index contributed by atoms with van der Waals surface area (Å²) in [7, 11) is 1.63. The first-order valence-electron chi connectivity index (χ1n) is 11.0. The van der Waals surface area contributed by atoms with Crippen molar-refractivity contribution in [1.82, 2.24) is 0 Å². The van der Waals surface area contributed by atoms with Crippen LogP contribution in [-0.4, -0.2) is 35.9 Å². The van der Waals surface area contributed by atoms with Crippen molar-refractivity contribution in [3.63, 3.8) is 0 Å². The van der Waals surface area contributed by atoms with Gasteiger partial charge in [-0.25, -0.2) is 0 Å². The summed E-state index contributed by atoms with van der Waals surface area (Å²) in [6, 6.07) is 20.1. The minimum atomic E-state index is -0.975. The number of fused-ring (bicyclic) bond motifs is 2. The van der Waals surface area contributed by atoms with Gasteiger partial charge in [-0.1, -0.05) is 63.2 Å². The number of aliphatic carboxylic acids is 1. The Hall–Kier alpha value is -2.99. The van der Waals surface area contributed by atoms with E-state index >= 15 is 0 Å². The van der Waals surface area contributed by atoms with E-state index in [0.29, 0.717) is 12.3 Å². The van der Waals surface area contributed by atoms with Crippen LogP contribution in [0.3, 0.4) is 0 Å². The molecule has 0 aromatic heterocycles. The number of nitrogens with zero attached hydrogens (tertiary/aromatic N) is 1. The van der Waals surface area contributed by atoms with Gasteiger partial charge in [0, 0.05) is 12.2 Å². The van der Waals surface area contributed by atoms with Gasteiger partial charge < -0.3 is 14.7 Å². The number of carboxylic acid groups (broad SMARTS) is 1. The van der Waals surface area contributed by atoms with Crippen LogP contribution in [0.25, 0.3) is 10.8 Å². The lowest BCUT2D eigenvalue weighted by molar-refractivity contribution is -0.138. The number of anilines is 1. The molecule has 172 valence electrons. The molecule has 3 aromatic carbocycles. The molecule has 1 aliphatic heterocycles. The van der Waals surface area contributed by atoms with E-state index in [0.717, 1.165) is 27.6 Å². The van der Waals surface area contributed by atoms with Crippen LogP contribution in [-0.2, 0) is 9.59 Å². The number of carboxylic acids is 1. The van der Waals surface area contributed by atoms with Gasteiger partial charge in [-0.05, 0) is 45.5 Å². The Morgan fingerprint density at radius 1 is 1.06 bits per heavy atom. The number of rotatable bonds is 5. The lowest BCUT2D eigenvalue weighted by atomic mass is 9.93. The zero-order chi connectivity index (χ0) is 23.8. The summed E-state index contributed by atoms with van der Waals surface area (Å²) in [5, 5.41) is 10.9. The summed E-state index contributed by atoms with van der Waals surface area (Å²) in [4.78, 5) is 27.2. The first-order valence-corrected chi connectivity index (χ1v) is 12.0. The lowest BCUT2D eigenvalue weighted by Crippen LogP contribution is -2.42. The highest BCUT2D eigenvalue weighted by Gasteiger charge is 2.39. The molecule has 0 saturated heterocycles. The second kappa shape index (κ2) is 9.10. The second-order valence-corrected chi connectivity index (χ2v) is 10.9. The van der Waals surface area contributed by atoms with Crippen LogP contribution >= 0.6 is 11.8 Å². The number of benzene rings is 3. The van der Waals surface area contributed by atoms with Crippen molar-refractivity contribution in [1.29, 1.82) is 0 Å². The quantitative estimate of drug-likeness (QED) is 0.510. The zero-order valence-corrected chi connectivity index (χ0v) is 20.2. The minimum Gasteiger partial charge on any atom is -0.497 e. The number of carbonyl (C=O) groups excluding carboxylic acids is 1. The van der Waals surface area contributed by atoms with E-state index in [2.05, 4.69) is 45.0 Å². The highest BCUT2D eigenvalue weighted by atomic mass is 32.2. The van der Waals surface area contributed by atoms with Gasteiger partial charge in [-0.15, -0.1) is 11.8 Å². The molecule has 4 rings (SSSR count). The maximum Gasteiger partial charge on any atom is 0.305 e. The zero-order valence-electron chi connectivity index (χ0n) is 19.4. The van der Waals surface area contributed by atoms with Gasteiger partial charge in [-0.3, -0.25) is 9.59 Å². The van der Waals surface area contributed by atoms with Crippen molar-refractivity contribution < 1.29 is 19.4 Å². The third-order valence-corrected chi connectivity index (χ3v) is 7.22. The first-order chi connectivity index (χ1) is 15.7. The van der Waals surface area contributed by atoms with Crippen molar-refractivity contribution in [2.45, 2.75) is 37.7 Å². The fourth-order valence-electron chi connectivity index (χ4n) is 4.36. The predicted molar refractivity (Wildman–Crippen MR) is 134 cm³/mol. The fourth-order valence-corrected chi connectivity index (χ4v) is 5.85. The average molecular weight is 464 g/mol. The monoisotopic (exact) mass is 463 g/mol. The topological polar surface area (TPSA) is 66.8 Å². The molecule has 6 heteroatoms. The maximum atomic E-state index is 13.7. The van der Waals surface area contributed by atoms with E-state index < -0.39 is 11.2 Å². The lowest BCUT2D eigenvalue weighted by Gasteiger charge is -2.31. The van der Waals surface area contributed by atoms with E-state index in [9.17, 15) is 14.7 Å². The average Bonchev–Trinajstić information content (AvgIpc) is 2.87. The van der Waals surface area contributed by atoms with E-state index in [1.807, 2.05) is 36.4 Å². The third-order valence-electron chi connectivity index (χ3n) is 5.75. The smallest absolute Gasteiger partial charge is 0.305 e. The number of hydrogen-bond acceptors (Lipinski definition) is 4. The summed E-state index contributed by atoms with van der Waals surface area (Å²) in [6.07, 6.45) is -0.226. The van der Waals surface area contributed by atoms with Crippen molar-refractivity contribution in [3.8, 4) is 5.75 Å². The maximum absolute atomic E-state index is 13.7.